The van der Waals surface area contributed by atoms with Crippen molar-refractivity contribution in [1.82, 2.24) is 5.32 Å². The minimum Gasteiger partial charge on any atom is -0.347 e. The van der Waals surface area contributed by atoms with Gasteiger partial charge in [0.1, 0.15) is 0 Å². The van der Waals surface area contributed by atoms with E-state index in [2.05, 4.69) is 21.2 Å². The Balaban J connectivity index is 2.87. The van der Waals surface area contributed by atoms with E-state index in [1.165, 1.54) is 0 Å². The first kappa shape index (κ1) is 9.26. The van der Waals surface area contributed by atoms with Crippen molar-refractivity contribution in [3.05, 3.63) is 40.8 Å². The molecule has 1 aromatic rings. The average molecular weight is 227 g/mol. The van der Waals surface area contributed by atoms with Gasteiger partial charge in [-0.1, -0.05) is 12.1 Å². The molecule has 0 aromatic heterocycles. The molecule has 1 N–H and O–H groups in total. The molecule has 0 aliphatic carbocycles. The van der Waals surface area contributed by atoms with Crippen LogP contribution in [0.5, 0.6) is 0 Å². The number of nitrogens with one attached hydrogen (secondary N) is 1. The minimum absolute atomic E-state index is 0.0926. The number of benzene rings is 1. The Morgan fingerprint density at radius 3 is 2.75 bits per heavy atom. The summed E-state index contributed by atoms with van der Waals surface area (Å²) < 4.78 is 0.810. The Morgan fingerprint density at radius 2 is 2.17 bits per heavy atom. The number of hydrogen-bond donors (Lipinski definition) is 1. The Labute approximate surface area is 80.1 Å². The van der Waals surface area contributed by atoms with Gasteiger partial charge in [-0.15, -0.1) is 0 Å². The van der Waals surface area contributed by atoms with E-state index in [1.54, 1.807) is 19.5 Å². The van der Waals surface area contributed by atoms with Crippen LogP contribution in [0.15, 0.2) is 28.7 Å². The van der Waals surface area contributed by atoms with Crippen LogP contribution in [0.25, 0.3) is 0 Å². The highest BCUT2D eigenvalue weighted by atomic mass is 79.9. The molecule has 0 bridgehead atoms. The Hall–Kier alpha value is -0.830. The van der Waals surface area contributed by atoms with Crippen LogP contribution < -0.4 is 5.32 Å². The molecule has 2 nitrogen and oxygen atoms in total. The number of hydrogen-bond acceptors (Lipinski definition) is 1. The molecule has 0 aliphatic heterocycles. The summed E-state index contributed by atoms with van der Waals surface area (Å²) in [6, 6.07) is 7.30. The maximum absolute atomic E-state index is 11.3. The van der Waals surface area contributed by atoms with Crippen LogP contribution in [0, 0.1) is 6.54 Å². The maximum atomic E-state index is 11.3. The van der Waals surface area contributed by atoms with Gasteiger partial charge in [-0.25, -0.2) is 0 Å². The lowest BCUT2D eigenvalue weighted by Gasteiger charge is -2.02. The Morgan fingerprint density at radius 1 is 1.50 bits per heavy atom. The van der Waals surface area contributed by atoms with Gasteiger partial charge in [0.15, 0.2) is 0 Å². The topological polar surface area (TPSA) is 29.1 Å². The van der Waals surface area contributed by atoms with Crippen LogP contribution in [0.1, 0.15) is 17.3 Å². The molecular weight excluding hydrogens is 218 g/mol. The highest BCUT2D eigenvalue weighted by Crippen LogP contribution is 2.15. The van der Waals surface area contributed by atoms with E-state index in [-0.39, 0.29) is 5.91 Å². The molecule has 3 heteroatoms. The third-order valence-corrected chi connectivity index (χ3v) is 2.09. The van der Waals surface area contributed by atoms with Crippen LogP contribution >= 0.6 is 15.9 Å². The van der Waals surface area contributed by atoms with Crippen molar-refractivity contribution >= 4 is 21.8 Å². The lowest BCUT2D eigenvalue weighted by atomic mass is 10.2. The van der Waals surface area contributed by atoms with E-state index in [9.17, 15) is 4.79 Å². The van der Waals surface area contributed by atoms with Crippen molar-refractivity contribution in [2.75, 3.05) is 0 Å². The van der Waals surface area contributed by atoms with Gasteiger partial charge in [-0.3, -0.25) is 4.79 Å². The summed E-state index contributed by atoms with van der Waals surface area (Å²) in [5, 5.41) is 2.61. The number of amides is 1. The molecule has 12 heavy (non-hydrogen) atoms. The number of rotatable bonds is 2. The van der Waals surface area contributed by atoms with E-state index in [1.807, 2.05) is 18.2 Å². The zero-order valence-corrected chi connectivity index (χ0v) is 8.26. The van der Waals surface area contributed by atoms with Crippen molar-refractivity contribution in [3.8, 4) is 0 Å². The molecule has 0 fully saturated rings. The second-order valence-corrected chi connectivity index (χ2v) is 3.10. The lowest BCUT2D eigenvalue weighted by Crippen LogP contribution is -2.19. The predicted octanol–water partition coefficient (Wildman–Crippen LogP) is 2.36. The second kappa shape index (κ2) is 4.26. The first-order valence-electron chi connectivity index (χ1n) is 3.59. The van der Waals surface area contributed by atoms with Crippen LogP contribution in [0.3, 0.4) is 0 Å². The molecule has 0 spiro atoms. The van der Waals surface area contributed by atoms with Crippen molar-refractivity contribution in [2.45, 2.75) is 6.92 Å². The number of carbonyl (C=O) groups excluding carboxylic acids is 1. The van der Waals surface area contributed by atoms with Gasteiger partial charge < -0.3 is 5.32 Å². The molecule has 0 saturated heterocycles. The van der Waals surface area contributed by atoms with E-state index in [0.717, 1.165) is 4.47 Å². The van der Waals surface area contributed by atoms with E-state index in [0.29, 0.717) is 5.56 Å². The molecule has 63 valence electrons. The van der Waals surface area contributed by atoms with Crippen LogP contribution in [0.2, 0.25) is 0 Å². The first-order valence-corrected chi connectivity index (χ1v) is 4.38. The number of carbonyl (C=O) groups is 1. The third-order valence-electron chi connectivity index (χ3n) is 1.39. The molecule has 0 unspecified atom stereocenters. The van der Waals surface area contributed by atoms with Gasteiger partial charge in [0.25, 0.3) is 5.91 Å². The molecular formula is C9H9BrNO. The minimum atomic E-state index is -0.0926. The fraction of sp³-hybridized carbons (Fsp3) is 0.111. The molecule has 1 amide bonds. The zero-order valence-electron chi connectivity index (χ0n) is 6.67. The molecule has 0 heterocycles. The van der Waals surface area contributed by atoms with Gasteiger partial charge >= 0.3 is 0 Å². The van der Waals surface area contributed by atoms with Crippen LogP contribution in [-0.2, 0) is 0 Å². The molecule has 1 rings (SSSR count). The highest BCUT2D eigenvalue weighted by molar-refractivity contribution is 9.10. The largest absolute Gasteiger partial charge is 0.347 e. The molecule has 0 aliphatic rings. The fourth-order valence-corrected chi connectivity index (χ4v) is 1.32. The van der Waals surface area contributed by atoms with Gasteiger partial charge in [0, 0.05) is 11.0 Å². The zero-order chi connectivity index (χ0) is 8.97. The summed E-state index contributed by atoms with van der Waals surface area (Å²) in [6.07, 6.45) is 0. The molecule has 0 atom stereocenters. The van der Waals surface area contributed by atoms with Crippen molar-refractivity contribution in [2.24, 2.45) is 0 Å². The molecule has 1 radical (unpaired) electrons. The second-order valence-electron chi connectivity index (χ2n) is 2.24. The van der Waals surface area contributed by atoms with E-state index >= 15 is 0 Å². The van der Waals surface area contributed by atoms with Crippen molar-refractivity contribution in [3.63, 3.8) is 0 Å². The first-order chi connectivity index (χ1) is 5.75. The summed E-state index contributed by atoms with van der Waals surface area (Å²) in [7, 11) is 0. The summed E-state index contributed by atoms with van der Waals surface area (Å²) in [5.74, 6) is -0.0926. The summed E-state index contributed by atoms with van der Waals surface area (Å²) in [6.45, 7) is 3.39. The van der Waals surface area contributed by atoms with E-state index < -0.39 is 0 Å². The van der Waals surface area contributed by atoms with Gasteiger partial charge in [0.05, 0.1) is 5.56 Å². The predicted molar refractivity (Wildman–Crippen MR) is 51.6 cm³/mol. The summed E-state index contributed by atoms with van der Waals surface area (Å²) >= 11 is 3.29. The standard InChI is InChI=1S/C9H9BrNO/c1-2-11-9(12)7-5-3-4-6-8(7)10/h2-6H,1H3,(H,11,12). The maximum Gasteiger partial charge on any atom is 0.252 e. The smallest absolute Gasteiger partial charge is 0.252 e. The summed E-state index contributed by atoms with van der Waals surface area (Å²) in [5.41, 5.74) is 0.649. The quantitative estimate of drug-likeness (QED) is 0.825. The van der Waals surface area contributed by atoms with Gasteiger partial charge in [0.2, 0.25) is 0 Å². The average Bonchev–Trinajstić information content (AvgIpc) is 2.05. The lowest BCUT2D eigenvalue weighted by molar-refractivity contribution is 0.0963. The molecule has 0 saturated carbocycles. The third kappa shape index (κ3) is 2.08. The van der Waals surface area contributed by atoms with Crippen LogP contribution in [0.4, 0.5) is 0 Å². The van der Waals surface area contributed by atoms with Crippen molar-refractivity contribution in [1.29, 1.82) is 0 Å². The Kier molecular flexibility index (Phi) is 3.29. The monoisotopic (exact) mass is 226 g/mol. The number of halogens is 1. The fourth-order valence-electron chi connectivity index (χ4n) is 0.854. The highest BCUT2D eigenvalue weighted by Gasteiger charge is 2.06. The normalized spacial score (nSPS) is 9.50. The SMILES string of the molecule is C[CH]NC(=O)c1ccccc1Br. The van der Waals surface area contributed by atoms with Crippen molar-refractivity contribution < 1.29 is 4.79 Å². The van der Waals surface area contributed by atoms with E-state index in [4.69, 9.17) is 0 Å². The summed E-state index contributed by atoms with van der Waals surface area (Å²) in [4.78, 5) is 11.3. The van der Waals surface area contributed by atoms with Gasteiger partial charge in [-0.2, -0.15) is 0 Å². The Bertz CT molecular complexity index is 286. The molecule has 1 aromatic carbocycles. The van der Waals surface area contributed by atoms with Crippen LogP contribution in [-0.4, -0.2) is 5.91 Å². The van der Waals surface area contributed by atoms with Gasteiger partial charge in [-0.05, 0) is 35.0 Å².